The lowest BCUT2D eigenvalue weighted by atomic mass is 9.99. The molecule has 6 heteroatoms. The molecule has 0 spiro atoms. The highest BCUT2D eigenvalue weighted by molar-refractivity contribution is 5.78. The molecule has 0 aromatic heterocycles. The minimum atomic E-state index is -2.90. The third-order valence-electron chi connectivity index (χ3n) is 3.04. The molecule has 1 rings (SSSR count). The molecule has 0 aliphatic carbocycles. The van der Waals surface area contributed by atoms with Gasteiger partial charge in [-0.25, -0.2) is 0 Å². The second-order valence-corrected chi connectivity index (χ2v) is 4.33. The van der Waals surface area contributed by atoms with Gasteiger partial charge in [0.1, 0.15) is 11.3 Å². The highest BCUT2D eigenvalue weighted by atomic mass is 19.3. The van der Waals surface area contributed by atoms with Gasteiger partial charge in [-0.15, -0.1) is 0 Å². The fourth-order valence-electron chi connectivity index (χ4n) is 1.50. The number of nitrogens with one attached hydrogen (secondary N) is 1. The number of hydrogen-bond donors (Lipinski definition) is 2. The molecule has 19 heavy (non-hydrogen) atoms. The topological polar surface area (TPSA) is 58.6 Å². The Morgan fingerprint density at radius 2 is 2.11 bits per heavy atom. The van der Waals surface area contributed by atoms with Crippen LogP contribution in [0.5, 0.6) is 5.75 Å². The average Bonchev–Trinajstić information content (AvgIpc) is 2.36. The minimum Gasteiger partial charge on any atom is -0.480 e. The van der Waals surface area contributed by atoms with E-state index in [2.05, 4.69) is 10.1 Å². The molecular formula is C13H17F2NO3. The van der Waals surface area contributed by atoms with Crippen molar-refractivity contribution in [1.29, 1.82) is 0 Å². The Morgan fingerprint density at radius 1 is 1.47 bits per heavy atom. The van der Waals surface area contributed by atoms with Crippen molar-refractivity contribution in [3.63, 3.8) is 0 Å². The van der Waals surface area contributed by atoms with Gasteiger partial charge in [-0.05, 0) is 19.4 Å². The van der Waals surface area contributed by atoms with E-state index in [4.69, 9.17) is 5.11 Å². The third kappa shape index (κ3) is 4.17. The number of halogens is 2. The number of ether oxygens (including phenoxy) is 1. The van der Waals surface area contributed by atoms with Crippen LogP contribution in [-0.4, -0.2) is 23.2 Å². The van der Waals surface area contributed by atoms with Crippen LogP contribution in [0.2, 0.25) is 0 Å². The number of carboxylic acids is 1. The molecule has 1 aromatic rings. The standard InChI is InChI=1S/C13H17F2NO3/c1-3-13(2,11(17)18)16-8-9-6-4-5-7-10(9)19-12(14)15/h4-7,12,16H,3,8H2,1-2H3,(H,17,18). The van der Waals surface area contributed by atoms with Crippen LogP contribution in [0.4, 0.5) is 8.78 Å². The molecule has 2 N–H and O–H groups in total. The van der Waals surface area contributed by atoms with Crippen molar-refractivity contribution in [2.45, 2.75) is 39.0 Å². The lowest BCUT2D eigenvalue weighted by Crippen LogP contribution is -2.48. The summed E-state index contributed by atoms with van der Waals surface area (Å²) in [5, 5.41) is 12.0. The summed E-state index contributed by atoms with van der Waals surface area (Å²) in [6, 6.07) is 6.30. The first-order valence-corrected chi connectivity index (χ1v) is 5.90. The first-order chi connectivity index (χ1) is 8.89. The van der Waals surface area contributed by atoms with Crippen molar-refractivity contribution in [2.24, 2.45) is 0 Å². The monoisotopic (exact) mass is 273 g/mol. The summed E-state index contributed by atoms with van der Waals surface area (Å²) in [6.07, 6.45) is 0.375. The van der Waals surface area contributed by atoms with Gasteiger partial charge in [0.25, 0.3) is 0 Å². The van der Waals surface area contributed by atoms with Gasteiger partial charge in [0, 0.05) is 12.1 Å². The predicted octanol–water partition coefficient (Wildman–Crippen LogP) is 2.63. The fourth-order valence-corrected chi connectivity index (χ4v) is 1.50. The van der Waals surface area contributed by atoms with Crippen LogP contribution >= 0.6 is 0 Å². The second kappa shape index (κ2) is 6.47. The van der Waals surface area contributed by atoms with Crippen molar-refractivity contribution in [1.82, 2.24) is 5.32 Å². The number of rotatable bonds is 7. The maximum atomic E-state index is 12.2. The number of aliphatic carboxylic acids is 1. The van der Waals surface area contributed by atoms with Crippen LogP contribution in [0.1, 0.15) is 25.8 Å². The van der Waals surface area contributed by atoms with Crippen molar-refractivity contribution in [3.8, 4) is 5.75 Å². The zero-order valence-electron chi connectivity index (χ0n) is 10.8. The molecule has 4 nitrogen and oxygen atoms in total. The van der Waals surface area contributed by atoms with E-state index in [9.17, 15) is 13.6 Å². The highest BCUT2D eigenvalue weighted by Crippen LogP contribution is 2.21. The number of carbonyl (C=O) groups is 1. The lowest BCUT2D eigenvalue weighted by molar-refractivity contribution is -0.144. The van der Waals surface area contributed by atoms with E-state index >= 15 is 0 Å². The molecule has 0 aliphatic heterocycles. The summed E-state index contributed by atoms with van der Waals surface area (Å²) in [7, 11) is 0. The zero-order chi connectivity index (χ0) is 14.5. The number of hydrogen-bond acceptors (Lipinski definition) is 3. The molecule has 0 aliphatic rings. The summed E-state index contributed by atoms with van der Waals surface area (Å²) in [5.41, 5.74) is -0.610. The van der Waals surface area contributed by atoms with Crippen LogP contribution in [0.25, 0.3) is 0 Å². The maximum Gasteiger partial charge on any atom is 0.387 e. The smallest absolute Gasteiger partial charge is 0.387 e. The molecule has 1 aromatic carbocycles. The maximum absolute atomic E-state index is 12.2. The SMILES string of the molecule is CCC(C)(NCc1ccccc1OC(F)F)C(=O)O. The number of alkyl halides is 2. The summed E-state index contributed by atoms with van der Waals surface area (Å²) in [6.45, 7) is 0.520. The third-order valence-corrected chi connectivity index (χ3v) is 3.04. The molecule has 1 atom stereocenters. The summed E-state index contributed by atoms with van der Waals surface area (Å²) >= 11 is 0. The van der Waals surface area contributed by atoms with Crippen molar-refractivity contribution >= 4 is 5.97 Å². The average molecular weight is 273 g/mol. The quantitative estimate of drug-likeness (QED) is 0.801. The van der Waals surface area contributed by atoms with E-state index in [0.29, 0.717) is 12.0 Å². The largest absolute Gasteiger partial charge is 0.480 e. The lowest BCUT2D eigenvalue weighted by Gasteiger charge is -2.25. The molecule has 0 fully saturated rings. The Balaban J connectivity index is 2.80. The van der Waals surface area contributed by atoms with Crippen LogP contribution in [0.3, 0.4) is 0 Å². The van der Waals surface area contributed by atoms with Crippen molar-refractivity contribution in [3.05, 3.63) is 29.8 Å². The number of para-hydroxylation sites is 1. The Morgan fingerprint density at radius 3 is 2.63 bits per heavy atom. The van der Waals surface area contributed by atoms with Gasteiger partial charge in [0.2, 0.25) is 0 Å². The van der Waals surface area contributed by atoms with Crippen LogP contribution in [0.15, 0.2) is 24.3 Å². The van der Waals surface area contributed by atoms with Gasteiger partial charge in [-0.3, -0.25) is 10.1 Å². The molecule has 0 amide bonds. The highest BCUT2D eigenvalue weighted by Gasteiger charge is 2.30. The predicted molar refractivity (Wildman–Crippen MR) is 66.2 cm³/mol. The van der Waals surface area contributed by atoms with Gasteiger partial charge in [-0.2, -0.15) is 8.78 Å². The molecule has 0 heterocycles. The summed E-state index contributed by atoms with van der Waals surface area (Å²) < 4.78 is 28.8. The molecular weight excluding hydrogens is 256 g/mol. The van der Waals surface area contributed by atoms with E-state index in [1.807, 2.05) is 0 Å². The first-order valence-electron chi connectivity index (χ1n) is 5.90. The molecule has 0 radical (unpaired) electrons. The summed E-state index contributed by atoms with van der Waals surface area (Å²) in [4.78, 5) is 11.1. The van der Waals surface area contributed by atoms with Crippen molar-refractivity contribution in [2.75, 3.05) is 0 Å². The molecule has 0 saturated carbocycles. The first kappa shape index (κ1) is 15.4. The van der Waals surface area contributed by atoms with E-state index in [1.54, 1.807) is 32.0 Å². The van der Waals surface area contributed by atoms with Gasteiger partial charge in [0.15, 0.2) is 0 Å². The summed E-state index contributed by atoms with van der Waals surface area (Å²) in [5.74, 6) is -0.934. The van der Waals surface area contributed by atoms with E-state index in [0.717, 1.165) is 0 Å². The Bertz CT molecular complexity index is 440. The van der Waals surface area contributed by atoms with Gasteiger partial charge >= 0.3 is 12.6 Å². The van der Waals surface area contributed by atoms with E-state index in [-0.39, 0.29) is 12.3 Å². The van der Waals surface area contributed by atoms with Crippen LogP contribution < -0.4 is 10.1 Å². The van der Waals surface area contributed by atoms with Crippen LogP contribution in [-0.2, 0) is 11.3 Å². The van der Waals surface area contributed by atoms with E-state index < -0.39 is 18.1 Å². The van der Waals surface area contributed by atoms with Gasteiger partial charge in [-0.1, -0.05) is 25.1 Å². The van der Waals surface area contributed by atoms with Crippen molar-refractivity contribution < 1.29 is 23.4 Å². The Kier molecular flexibility index (Phi) is 5.23. The minimum absolute atomic E-state index is 0.0499. The fraction of sp³-hybridized carbons (Fsp3) is 0.462. The molecule has 1 unspecified atom stereocenters. The zero-order valence-corrected chi connectivity index (χ0v) is 10.8. The van der Waals surface area contributed by atoms with Gasteiger partial charge < -0.3 is 9.84 Å². The normalized spacial score (nSPS) is 14.2. The van der Waals surface area contributed by atoms with Gasteiger partial charge in [0.05, 0.1) is 0 Å². The Hall–Kier alpha value is -1.69. The molecule has 106 valence electrons. The molecule has 0 saturated heterocycles. The molecule has 0 bridgehead atoms. The van der Waals surface area contributed by atoms with E-state index in [1.165, 1.54) is 6.07 Å². The van der Waals surface area contributed by atoms with Crippen LogP contribution in [0, 0.1) is 0 Å². The number of carboxylic acid groups (broad SMARTS) is 1. The number of benzene rings is 1. The Labute approximate surface area is 110 Å². The second-order valence-electron chi connectivity index (χ2n) is 4.33.